The summed E-state index contributed by atoms with van der Waals surface area (Å²) >= 11 is 3.42. The molecule has 2 aromatic carbocycles. The lowest BCUT2D eigenvalue weighted by molar-refractivity contribution is 0.0953. The maximum Gasteiger partial charge on any atom is 0.252 e. The topological polar surface area (TPSA) is 55.1 Å². The lowest BCUT2D eigenvalue weighted by Gasteiger charge is -2.07. The zero-order valence-electron chi connectivity index (χ0n) is 14.0. The molecule has 0 unspecified atom stereocenters. The monoisotopic (exact) mass is 398 g/mol. The summed E-state index contributed by atoms with van der Waals surface area (Å²) in [5.41, 5.74) is 2.20. The lowest BCUT2D eigenvalue weighted by Crippen LogP contribution is -2.24. The van der Waals surface area contributed by atoms with Crippen molar-refractivity contribution in [1.29, 1.82) is 0 Å². The molecule has 128 valence electrons. The molecule has 3 rings (SSSR count). The Kier molecular flexibility index (Phi) is 5.66. The molecule has 0 spiro atoms. The average molecular weight is 399 g/mol. The molecule has 0 atom stereocenters. The minimum atomic E-state index is -0.104. The molecule has 0 radical (unpaired) electrons. The number of carbonyl (C=O) groups excluding carboxylic acids is 1. The van der Waals surface area contributed by atoms with E-state index in [1.807, 2.05) is 42.5 Å². The Morgan fingerprint density at radius 2 is 1.92 bits per heavy atom. The van der Waals surface area contributed by atoms with Gasteiger partial charge in [-0.3, -0.25) is 4.79 Å². The maximum absolute atomic E-state index is 12.4. The third-order valence-corrected chi connectivity index (χ3v) is 4.38. The van der Waals surface area contributed by atoms with Gasteiger partial charge in [0.2, 0.25) is 5.89 Å². The molecule has 5 heteroatoms. The van der Waals surface area contributed by atoms with Crippen LogP contribution < -0.4 is 5.32 Å². The Morgan fingerprint density at radius 1 is 1.16 bits per heavy atom. The summed E-state index contributed by atoms with van der Waals surface area (Å²) in [6.07, 6.45) is 3.68. The number of unbranched alkanes of at least 4 members (excludes halogenated alkanes) is 1. The highest BCUT2D eigenvalue weighted by Crippen LogP contribution is 2.28. The first-order valence-corrected chi connectivity index (χ1v) is 9.07. The molecule has 0 bridgehead atoms. The van der Waals surface area contributed by atoms with Gasteiger partial charge in [-0.15, -0.1) is 0 Å². The number of hydrogen-bond acceptors (Lipinski definition) is 3. The minimum Gasteiger partial charge on any atom is -0.436 e. The molecule has 1 heterocycles. The van der Waals surface area contributed by atoms with Gasteiger partial charge in [0.25, 0.3) is 5.91 Å². The Morgan fingerprint density at radius 3 is 2.68 bits per heavy atom. The molecule has 0 aliphatic rings. The highest BCUT2D eigenvalue weighted by Gasteiger charge is 2.16. The van der Waals surface area contributed by atoms with E-state index in [9.17, 15) is 4.79 Å². The third-order valence-electron chi connectivity index (χ3n) is 3.85. The number of oxazole rings is 1. The zero-order chi connectivity index (χ0) is 17.6. The van der Waals surface area contributed by atoms with E-state index >= 15 is 0 Å². The molecular weight excluding hydrogens is 380 g/mol. The number of nitrogens with zero attached hydrogens (tertiary/aromatic N) is 1. The van der Waals surface area contributed by atoms with Gasteiger partial charge in [0.15, 0.2) is 5.76 Å². The van der Waals surface area contributed by atoms with Crippen LogP contribution in [0.25, 0.3) is 22.8 Å². The summed E-state index contributed by atoms with van der Waals surface area (Å²) in [5, 5.41) is 2.94. The SMILES string of the molecule is CCCCNC(=O)c1ccccc1-c1ncc(-c2ccc(Br)cc2)o1. The summed E-state index contributed by atoms with van der Waals surface area (Å²) < 4.78 is 6.91. The number of benzene rings is 2. The fourth-order valence-corrected chi connectivity index (χ4v) is 2.75. The lowest BCUT2D eigenvalue weighted by atomic mass is 10.1. The van der Waals surface area contributed by atoms with E-state index in [1.165, 1.54) is 0 Å². The van der Waals surface area contributed by atoms with Crippen LogP contribution >= 0.6 is 15.9 Å². The molecule has 1 N–H and O–H groups in total. The van der Waals surface area contributed by atoms with Crippen LogP contribution in [-0.2, 0) is 0 Å². The first-order valence-electron chi connectivity index (χ1n) is 8.28. The summed E-state index contributed by atoms with van der Waals surface area (Å²) in [6.45, 7) is 2.76. The van der Waals surface area contributed by atoms with Crippen molar-refractivity contribution < 1.29 is 9.21 Å². The number of amides is 1. The van der Waals surface area contributed by atoms with Crippen molar-refractivity contribution >= 4 is 21.8 Å². The molecular formula is C20H19BrN2O2. The Hall–Kier alpha value is -2.40. The first kappa shape index (κ1) is 17.4. The summed E-state index contributed by atoms with van der Waals surface area (Å²) in [4.78, 5) is 16.8. The summed E-state index contributed by atoms with van der Waals surface area (Å²) in [7, 11) is 0. The van der Waals surface area contributed by atoms with Crippen molar-refractivity contribution in [3.63, 3.8) is 0 Å². The van der Waals surface area contributed by atoms with Crippen molar-refractivity contribution in [2.45, 2.75) is 19.8 Å². The number of halogens is 1. The first-order chi connectivity index (χ1) is 12.2. The van der Waals surface area contributed by atoms with Gasteiger partial charge in [-0.05, 0) is 30.7 Å². The van der Waals surface area contributed by atoms with Crippen molar-refractivity contribution in [2.75, 3.05) is 6.54 Å². The molecule has 0 aliphatic carbocycles. The Bertz CT molecular complexity index is 856. The summed E-state index contributed by atoms with van der Waals surface area (Å²) in [6, 6.07) is 15.2. The maximum atomic E-state index is 12.4. The predicted octanol–water partition coefficient (Wildman–Crippen LogP) is 5.30. The van der Waals surface area contributed by atoms with Gasteiger partial charge >= 0.3 is 0 Å². The summed E-state index contributed by atoms with van der Waals surface area (Å²) in [5.74, 6) is 1.01. The molecule has 0 aliphatic heterocycles. The van der Waals surface area contributed by atoms with E-state index in [1.54, 1.807) is 12.3 Å². The number of carbonyl (C=O) groups is 1. The fraction of sp³-hybridized carbons (Fsp3) is 0.200. The van der Waals surface area contributed by atoms with Crippen molar-refractivity contribution in [3.8, 4) is 22.8 Å². The number of aromatic nitrogens is 1. The molecule has 4 nitrogen and oxygen atoms in total. The van der Waals surface area contributed by atoms with Gasteiger partial charge in [-0.2, -0.15) is 0 Å². The second-order valence-corrected chi connectivity index (χ2v) is 6.61. The van der Waals surface area contributed by atoms with Gasteiger partial charge in [-0.1, -0.05) is 53.5 Å². The second kappa shape index (κ2) is 8.12. The van der Waals surface area contributed by atoms with E-state index in [-0.39, 0.29) is 5.91 Å². The van der Waals surface area contributed by atoms with Gasteiger partial charge < -0.3 is 9.73 Å². The smallest absolute Gasteiger partial charge is 0.252 e. The van der Waals surface area contributed by atoms with E-state index in [0.717, 1.165) is 22.9 Å². The average Bonchev–Trinajstić information content (AvgIpc) is 3.12. The fourth-order valence-electron chi connectivity index (χ4n) is 2.49. The predicted molar refractivity (Wildman–Crippen MR) is 102 cm³/mol. The van der Waals surface area contributed by atoms with E-state index in [2.05, 4.69) is 33.2 Å². The molecule has 0 saturated heterocycles. The standard InChI is InChI=1S/C20H19BrN2O2/c1-2-3-12-22-19(24)16-6-4-5-7-17(16)20-23-13-18(25-20)14-8-10-15(21)11-9-14/h4-11,13H,2-3,12H2,1H3,(H,22,24). The Balaban J connectivity index is 1.87. The molecule has 0 fully saturated rings. The minimum absolute atomic E-state index is 0.104. The van der Waals surface area contributed by atoms with Crippen LogP contribution in [0.1, 0.15) is 30.1 Å². The van der Waals surface area contributed by atoms with Crippen LogP contribution in [0.5, 0.6) is 0 Å². The van der Waals surface area contributed by atoms with E-state index in [4.69, 9.17) is 4.42 Å². The van der Waals surface area contributed by atoms with Gasteiger partial charge in [0.1, 0.15) is 0 Å². The van der Waals surface area contributed by atoms with Crippen molar-refractivity contribution in [3.05, 3.63) is 64.8 Å². The van der Waals surface area contributed by atoms with Crippen LogP contribution in [0.3, 0.4) is 0 Å². The third kappa shape index (κ3) is 4.17. The van der Waals surface area contributed by atoms with Crippen molar-refractivity contribution in [2.24, 2.45) is 0 Å². The van der Waals surface area contributed by atoms with Gasteiger partial charge in [0.05, 0.1) is 11.8 Å². The van der Waals surface area contributed by atoms with Crippen LogP contribution in [0.2, 0.25) is 0 Å². The molecule has 3 aromatic rings. The second-order valence-electron chi connectivity index (χ2n) is 5.69. The number of rotatable bonds is 6. The molecule has 0 saturated carbocycles. The van der Waals surface area contributed by atoms with Gasteiger partial charge in [0, 0.05) is 22.1 Å². The quantitative estimate of drug-likeness (QED) is 0.573. The van der Waals surface area contributed by atoms with E-state index in [0.29, 0.717) is 29.3 Å². The largest absolute Gasteiger partial charge is 0.436 e. The zero-order valence-corrected chi connectivity index (χ0v) is 15.5. The number of nitrogens with one attached hydrogen (secondary N) is 1. The normalized spacial score (nSPS) is 10.6. The molecule has 25 heavy (non-hydrogen) atoms. The van der Waals surface area contributed by atoms with Crippen LogP contribution in [0.15, 0.2) is 63.6 Å². The Labute approximate surface area is 155 Å². The van der Waals surface area contributed by atoms with Crippen LogP contribution in [0.4, 0.5) is 0 Å². The molecule has 1 amide bonds. The van der Waals surface area contributed by atoms with Crippen molar-refractivity contribution in [1.82, 2.24) is 10.3 Å². The van der Waals surface area contributed by atoms with Gasteiger partial charge in [-0.25, -0.2) is 4.98 Å². The number of hydrogen-bond donors (Lipinski definition) is 1. The highest BCUT2D eigenvalue weighted by molar-refractivity contribution is 9.10. The van der Waals surface area contributed by atoms with Crippen LogP contribution in [-0.4, -0.2) is 17.4 Å². The van der Waals surface area contributed by atoms with E-state index < -0.39 is 0 Å². The highest BCUT2D eigenvalue weighted by atomic mass is 79.9. The van der Waals surface area contributed by atoms with Crippen LogP contribution in [0, 0.1) is 0 Å². The molecule has 1 aromatic heterocycles.